The summed E-state index contributed by atoms with van der Waals surface area (Å²) in [6.45, 7) is 15.1. The molecule has 3 N–H and O–H groups in total. The minimum absolute atomic E-state index is 0.00366. The first kappa shape index (κ1) is 48.1. The second-order valence-electron chi connectivity index (χ2n) is 17.2. The van der Waals surface area contributed by atoms with Crippen molar-refractivity contribution in [1.82, 2.24) is 5.32 Å². The van der Waals surface area contributed by atoms with Gasteiger partial charge in [-0.2, -0.15) is 5.11 Å². The van der Waals surface area contributed by atoms with E-state index in [1.54, 1.807) is 24.3 Å². The molecular weight excluding hydrogens is 873 g/mol. The van der Waals surface area contributed by atoms with E-state index < -0.39 is 47.5 Å². The van der Waals surface area contributed by atoms with Crippen molar-refractivity contribution in [2.45, 2.75) is 88.3 Å². The molecule has 0 atom stereocenters. The second-order valence-corrected chi connectivity index (χ2v) is 20.0. The summed E-state index contributed by atoms with van der Waals surface area (Å²) >= 11 is 0. The third-order valence-electron chi connectivity index (χ3n) is 11.0. The summed E-state index contributed by atoms with van der Waals surface area (Å²) in [5, 5.41) is 25.5. The maximum absolute atomic E-state index is 13.5. The van der Waals surface area contributed by atoms with E-state index >= 15 is 0 Å². The van der Waals surface area contributed by atoms with Crippen molar-refractivity contribution >= 4 is 70.7 Å². The van der Waals surface area contributed by atoms with E-state index in [1.165, 1.54) is 41.5 Å². The van der Waals surface area contributed by atoms with Gasteiger partial charge in [-0.1, -0.05) is 77.9 Å². The van der Waals surface area contributed by atoms with Gasteiger partial charge in [0, 0.05) is 40.9 Å². The number of nitrogens with one attached hydrogen (secondary N) is 2. The van der Waals surface area contributed by atoms with Gasteiger partial charge in [-0.15, -0.1) is 5.11 Å². The Morgan fingerprint density at radius 2 is 1.46 bits per heavy atom. The third kappa shape index (κ3) is 11.5. The zero-order chi connectivity index (χ0) is 47.5. The molecule has 15 nitrogen and oxygen atoms in total. The van der Waals surface area contributed by atoms with Gasteiger partial charge in [-0.3, -0.25) is 9.59 Å². The topological polar surface area (TPSA) is 236 Å². The fraction of sp³-hybridized carbons (Fsp3) is 0.292. The van der Waals surface area contributed by atoms with Gasteiger partial charge < -0.3 is 34.3 Å². The van der Waals surface area contributed by atoms with Crippen molar-refractivity contribution in [3.8, 4) is 23.0 Å². The average molecular weight is 923 g/mol. The lowest BCUT2D eigenvalue weighted by molar-refractivity contribution is -0.114. The van der Waals surface area contributed by atoms with Gasteiger partial charge in [-0.25, -0.2) is 16.8 Å². The zero-order valence-electron chi connectivity index (χ0n) is 37.0. The molecule has 342 valence electrons. The van der Waals surface area contributed by atoms with Gasteiger partial charge >= 0.3 is 0 Å². The number of fused-ring (bicyclic) bond motifs is 2. The largest absolute Gasteiger partial charge is 0.744 e. The number of unbranched alkanes of at least 4 members (excludes halogenated alkanes) is 1. The van der Waals surface area contributed by atoms with Crippen LogP contribution in [0.1, 0.15) is 89.2 Å². The predicted octanol–water partition coefficient (Wildman–Crippen LogP) is 10.2. The third-order valence-corrected chi connectivity index (χ3v) is 12.7. The highest BCUT2D eigenvalue weighted by Crippen LogP contribution is 2.41. The lowest BCUT2D eigenvalue weighted by atomic mass is 9.78. The van der Waals surface area contributed by atoms with Crippen LogP contribution in [0.5, 0.6) is 23.0 Å². The Labute approximate surface area is 378 Å². The molecule has 0 heterocycles. The monoisotopic (exact) mass is 922 g/mol. The predicted molar refractivity (Wildman–Crippen MR) is 246 cm³/mol. The molecule has 17 heteroatoms. The number of phenolic OH excluding ortho intramolecular Hbond substituents is 1. The summed E-state index contributed by atoms with van der Waals surface area (Å²) in [5.41, 5.74) is 2.01. The van der Waals surface area contributed by atoms with Crippen molar-refractivity contribution in [2.24, 2.45) is 10.2 Å². The summed E-state index contributed by atoms with van der Waals surface area (Å²) in [5.74, 6) is 0.126. The lowest BCUT2D eigenvalue weighted by Crippen LogP contribution is -2.25. The molecule has 0 bridgehead atoms. The molecule has 0 radical (unpaired) electrons. The molecule has 0 aliphatic heterocycles. The number of phenols is 1. The lowest BCUT2D eigenvalue weighted by Gasteiger charge is -2.29. The molecular formula is C48H50N4O11S2-2. The Kier molecular flexibility index (Phi) is 14.0. The van der Waals surface area contributed by atoms with Crippen molar-refractivity contribution in [1.29, 1.82) is 0 Å². The molecule has 0 spiro atoms. The van der Waals surface area contributed by atoms with E-state index in [2.05, 4.69) is 80.6 Å². The van der Waals surface area contributed by atoms with Gasteiger partial charge in [-0.05, 0) is 102 Å². The SMILES string of the molecule is CCC(C)(C)c1cc(C(C)(C)C)ccc1OCCCCNC(=O)c1cc(Oc2ccc(N=Nc3cc4c(NC(C)=O)cc(S(=O)(=O)[O-])cc4cc3S(=O)(=O)[O-])cc2)c2ccccc2c1O. The normalized spacial score (nSPS) is 12.4. The van der Waals surface area contributed by atoms with Crippen LogP contribution in [-0.2, 0) is 35.9 Å². The van der Waals surface area contributed by atoms with Crippen molar-refractivity contribution < 1.29 is 50.1 Å². The minimum Gasteiger partial charge on any atom is -0.744 e. The van der Waals surface area contributed by atoms with Crippen molar-refractivity contribution in [3.05, 3.63) is 114 Å². The number of rotatable bonds is 16. The number of hydrogen-bond donors (Lipinski definition) is 3. The number of ether oxygens (including phenoxy) is 2. The summed E-state index contributed by atoms with van der Waals surface area (Å²) in [4.78, 5) is 23.8. The Morgan fingerprint density at radius 1 is 0.769 bits per heavy atom. The maximum Gasteiger partial charge on any atom is 0.255 e. The first-order valence-electron chi connectivity index (χ1n) is 20.8. The molecule has 6 rings (SSSR count). The van der Waals surface area contributed by atoms with Crippen LogP contribution in [-0.4, -0.2) is 56.0 Å². The summed E-state index contributed by atoms with van der Waals surface area (Å²) in [6, 6.07) is 24.6. The second kappa shape index (κ2) is 19.0. The molecule has 0 aromatic heterocycles. The Bertz CT molecular complexity index is 3050. The number of amides is 2. The van der Waals surface area contributed by atoms with E-state index in [4.69, 9.17) is 9.47 Å². The maximum atomic E-state index is 13.5. The molecule has 0 saturated carbocycles. The Morgan fingerprint density at radius 3 is 2.09 bits per heavy atom. The quantitative estimate of drug-likeness (QED) is 0.0469. The van der Waals surface area contributed by atoms with E-state index in [-0.39, 0.29) is 50.0 Å². The molecule has 6 aromatic carbocycles. The average Bonchev–Trinajstić information content (AvgIpc) is 3.24. The van der Waals surface area contributed by atoms with E-state index in [0.29, 0.717) is 42.5 Å². The highest BCUT2D eigenvalue weighted by molar-refractivity contribution is 7.86. The highest BCUT2D eigenvalue weighted by Gasteiger charge is 2.26. The van der Waals surface area contributed by atoms with E-state index in [1.807, 2.05) is 0 Å². The van der Waals surface area contributed by atoms with Gasteiger partial charge in [0.15, 0.2) is 0 Å². The first-order chi connectivity index (χ1) is 30.5. The molecule has 2 amide bonds. The number of azo groups is 1. The van der Waals surface area contributed by atoms with Gasteiger partial charge in [0.05, 0.1) is 27.6 Å². The van der Waals surface area contributed by atoms with E-state index in [9.17, 15) is 40.6 Å². The molecule has 65 heavy (non-hydrogen) atoms. The zero-order valence-corrected chi connectivity index (χ0v) is 38.6. The Balaban J connectivity index is 1.16. The molecule has 0 unspecified atom stereocenters. The van der Waals surface area contributed by atoms with Crippen molar-refractivity contribution in [2.75, 3.05) is 18.5 Å². The van der Waals surface area contributed by atoms with Crippen molar-refractivity contribution in [3.63, 3.8) is 0 Å². The van der Waals surface area contributed by atoms with Crippen LogP contribution in [0.25, 0.3) is 21.5 Å². The highest BCUT2D eigenvalue weighted by atomic mass is 32.2. The van der Waals surface area contributed by atoms with Crippen LogP contribution in [0.4, 0.5) is 17.1 Å². The fourth-order valence-electron chi connectivity index (χ4n) is 7.02. The van der Waals surface area contributed by atoms with Gasteiger partial charge in [0.25, 0.3) is 5.91 Å². The fourth-order valence-corrected chi connectivity index (χ4v) is 8.18. The van der Waals surface area contributed by atoms with Crippen LogP contribution >= 0.6 is 0 Å². The standard InChI is InChI=1S/C48H52N4O11S2/c1-8-48(6,7)39-25-31(47(3,4)5)15-20-42(39)62-22-12-11-21-49-46(55)38-28-43(35-13-9-10-14-36(35)45(38)54)63-33-18-16-32(17-19-33)51-52-41-27-37-30(24-44(41)65(59,60)61)23-34(64(56,57)58)26-40(37)50-29(2)53/h9-10,13-20,23-28,54H,8,11-12,21-22H2,1-7H3,(H,49,55)(H,50,53)(H,56,57,58)(H,59,60,61)/p-2. The number of hydrogen-bond acceptors (Lipinski definition) is 13. The van der Waals surface area contributed by atoms with Gasteiger partial charge in [0.2, 0.25) is 5.91 Å². The number of carbonyl (C=O) groups is 2. The number of carbonyl (C=O) groups excluding carboxylic acids is 2. The Hall–Kier alpha value is -6.40. The smallest absolute Gasteiger partial charge is 0.255 e. The number of nitrogens with zero attached hydrogens (tertiary/aromatic N) is 2. The summed E-state index contributed by atoms with van der Waals surface area (Å²) in [6.07, 6.45) is 2.26. The summed E-state index contributed by atoms with van der Waals surface area (Å²) in [7, 11) is -10.2. The molecule has 0 saturated heterocycles. The number of benzene rings is 6. The molecule has 6 aromatic rings. The van der Waals surface area contributed by atoms with Crippen LogP contribution in [0.15, 0.2) is 117 Å². The van der Waals surface area contributed by atoms with Crippen LogP contribution in [0.3, 0.4) is 0 Å². The van der Waals surface area contributed by atoms with E-state index in [0.717, 1.165) is 43.4 Å². The molecule has 0 aliphatic rings. The summed E-state index contributed by atoms with van der Waals surface area (Å²) < 4.78 is 84.7. The first-order valence-corrected chi connectivity index (χ1v) is 23.6. The van der Waals surface area contributed by atoms with Gasteiger partial charge in [0.1, 0.15) is 48.9 Å². The van der Waals surface area contributed by atoms with Crippen LogP contribution < -0.4 is 20.1 Å². The number of aromatic hydroxyl groups is 1. The molecule has 0 fully saturated rings. The van der Waals surface area contributed by atoms with Crippen LogP contribution in [0.2, 0.25) is 0 Å². The minimum atomic E-state index is -5.21. The number of anilines is 1. The van der Waals surface area contributed by atoms with Crippen LogP contribution in [0, 0.1) is 0 Å². The molecule has 0 aliphatic carbocycles.